The predicted molar refractivity (Wildman–Crippen MR) is 117 cm³/mol. The third-order valence-electron chi connectivity index (χ3n) is 5.48. The molecule has 1 aliphatic rings. The first-order chi connectivity index (χ1) is 15.0. The minimum Gasteiger partial charge on any atom is -0.480 e. The molecular weight excluding hydrogens is 423 g/mol. The highest BCUT2D eigenvalue weighted by Crippen LogP contribution is 2.32. The van der Waals surface area contributed by atoms with Crippen LogP contribution in [0.5, 0.6) is 0 Å². The number of rotatable bonds is 8. The number of amides is 2. The summed E-state index contributed by atoms with van der Waals surface area (Å²) < 4.78 is 19.9. The zero-order valence-corrected chi connectivity index (χ0v) is 17.9. The van der Waals surface area contributed by atoms with Gasteiger partial charge < -0.3 is 15.2 Å². The lowest BCUT2D eigenvalue weighted by atomic mass is 9.82. The number of nitrogens with one attached hydrogen (secondary N) is 1. The lowest BCUT2D eigenvalue weighted by Gasteiger charge is -2.30. The number of carbonyl (C=O) groups is 2. The van der Waals surface area contributed by atoms with Crippen molar-refractivity contribution in [3.63, 3.8) is 0 Å². The molecule has 0 atom stereocenters. The average molecular weight is 449 g/mol. The van der Waals surface area contributed by atoms with Crippen LogP contribution in [0.2, 0.25) is 5.02 Å². The van der Waals surface area contributed by atoms with Gasteiger partial charge in [-0.15, -0.1) is 0 Å². The van der Waals surface area contributed by atoms with Crippen molar-refractivity contribution in [2.45, 2.75) is 25.7 Å². The summed E-state index contributed by atoms with van der Waals surface area (Å²) in [5.41, 5.74) is 0.635. The van der Waals surface area contributed by atoms with Gasteiger partial charge in [-0.25, -0.2) is 14.0 Å². The van der Waals surface area contributed by atoms with Crippen LogP contribution in [0.4, 0.5) is 20.6 Å². The van der Waals surface area contributed by atoms with E-state index in [1.807, 2.05) is 6.07 Å². The Bertz CT molecular complexity index is 888. The number of carboxylic acid groups (broad SMARTS) is 1. The van der Waals surface area contributed by atoms with Crippen LogP contribution in [0.25, 0.3) is 0 Å². The largest absolute Gasteiger partial charge is 0.480 e. The second kappa shape index (κ2) is 11.1. The quantitative estimate of drug-likeness (QED) is 0.579. The Hall–Kier alpha value is -2.64. The first-order valence-corrected chi connectivity index (χ1v) is 10.7. The zero-order chi connectivity index (χ0) is 22.2. The molecule has 2 N–H and O–H groups in total. The molecule has 8 heteroatoms. The lowest BCUT2D eigenvalue weighted by Crippen LogP contribution is -2.40. The number of nitrogens with zero attached hydrogens (tertiary/aromatic N) is 1. The molecule has 0 aliphatic heterocycles. The maximum absolute atomic E-state index is 14.7. The first kappa shape index (κ1) is 23.0. The molecule has 2 aromatic carbocycles. The molecule has 0 saturated heterocycles. The number of anilines is 2. The number of ether oxygens (including phenoxy) is 1. The van der Waals surface area contributed by atoms with Crippen LogP contribution in [0, 0.1) is 17.7 Å². The number of aliphatic carboxylic acids is 1. The summed E-state index contributed by atoms with van der Waals surface area (Å²) in [5.74, 6) is -0.963. The Kier molecular flexibility index (Phi) is 8.26. The molecule has 6 nitrogen and oxygen atoms in total. The van der Waals surface area contributed by atoms with E-state index in [-0.39, 0.29) is 17.3 Å². The summed E-state index contributed by atoms with van der Waals surface area (Å²) >= 11 is 5.94. The number of carboxylic acids is 1. The molecule has 0 unspecified atom stereocenters. The van der Waals surface area contributed by atoms with Crippen LogP contribution < -0.4 is 10.2 Å². The molecule has 0 spiro atoms. The molecule has 0 heterocycles. The zero-order valence-electron chi connectivity index (χ0n) is 17.1. The van der Waals surface area contributed by atoms with Crippen LogP contribution in [-0.4, -0.2) is 36.9 Å². The second-order valence-electron chi connectivity index (χ2n) is 7.73. The normalized spacial score (nSPS) is 18.4. The number of hydrogen-bond donors (Lipinski definition) is 2. The fraction of sp³-hybridized carbons (Fsp3) is 0.391. The van der Waals surface area contributed by atoms with Crippen molar-refractivity contribution < 1.29 is 23.8 Å². The van der Waals surface area contributed by atoms with E-state index in [1.54, 1.807) is 30.3 Å². The Morgan fingerprint density at radius 3 is 2.42 bits per heavy atom. The van der Waals surface area contributed by atoms with Gasteiger partial charge in [-0.3, -0.25) is 4.90 Å². The summed E-state index contributed by atoms with van der Waals surface area (Å²) in [4.78, 5) is 24.9. The number of hydrogen-bond acceptors (Lipinski definition) is 3. The maximum atomic E-state index is 14.7. The molecule has 1 aliphatic carbocycles. The topological polar surface area (TPSA) is 78.9 Å². The number of urea groups is 1. The number of para-hydroxylation sites is 1. The molecule has 3 rings (SSSR count). The van der Waals surface area contributed by atoms with E-state index in [0.29, 0.717) is 30.7 Å². The molecule has 0 bridgehead atoms. The molecule has 2 amide bonds. The second-order valence-corrected chi connectivity index (χ2v) is 8.13. The van der Waals surface area contributed by atoms with Gasteiger partial charge in [0.05, 0.1) is 23.0 Å². The van der Waals surface area contributed by atoms with Gasteiger partial charge in [-0.1, -0.05) is 35.9 Å². The summed E-state index contributed by atoms with van der Waals surface area (Å²) in [6.45, 7) is 0.652. The standard InChI is InChI=1S/C23H26ClFN2O4/c24-19-7-4-8-20(22(19)25)27(18-5-2-1-3-6-18)23(30)26-13-16-9-11-17(12-10-16)14-31-15-21(28)29/h1-8,16-17H,9-15H2,(H,26,30)(H,28,29)/t16-,17-. The third kappa shape index (κ3) is 6.42. The van der Waals surface area contributed by atoms with Crippen molar-refractivity contribution in [2.75, 3.05) is 24.7 Å². The first-order valence-electron chi connectivity index (χ1n) is 10.3. The molecule has 0 radical (unpaired) electrons. The summed E-state index contributed by atoms with van der Waals surface area (Å²) in [6, 6.07) is 13.0. The van der Waals surface area contributed by atoms with E-state index in [1.165, 1.54) is 17.0 Å². The van der Waals surface area contributed by atoms with Gasteiger partial charge in [-0.2, -0.15) is 0 Å². The van der Waals surface area contributed by atoms with E-state index in [2.05, 4.69) is 5.32 Å². The SMILES string of the molecule is O=C(O)COC[C@H]1CC[C@H](CNC(=O)N(c2ccccc2)c2cccc(Cl)c2F)CC1. The van der Waals surface area contributed by atoms with Gasteiger partial charge >= 0.3 is 12.0 Å². The number of carbonyl (C=O) groups excluding carboxylic acids is 1. The molecule has 166 valence electrons. The average Bonchev–Trinajstić information content (AvgIpc) is 2.77. The van der Waals surface area contributed by atoms with Crippen LogP contribution in [0.15, 0.2) is 48.5 Å². The van der Waals surface area contributed by atoms with Crippen molar-refractivity contribution in [1.82, 2.24) is 5.32 Å². The Labute approximate surface area is 186 Å². The van der Waals surface area contributed by atoms with Crippen molar-refractivity contribution >= 4 is 35.0 Å². The van der Waals surface area contributed by atoms with Crippen LogP contribution >= 0.6 is 11.6 Å². The van der Waals surface area contributed by atoms with Crippen molar-refractivity contribution in [3.05, 3.63) is 59.4 Å². The molecule has 31 heavy (non-hydrogen) atoms. The minimum atomic E-state index is -0.962. The maximum Gasteiger partial charge on any atom is 0.329 e. The predicted octanol–water partition coefficient (Wildman–Crippen LogP) is 5.23. The third-order valence-corrected chi connectivity index (χ3v) is 5.77. The molecule has 2 aromatic rings. The smallest absolute Gasteiger partial charge is 0.329 e. The van der Waals surface area contributed by atoms with E-state index in [4.69, 9.17) is 21.4 Å². The fourth-order valence-electron chi connectivity index (χ4n) is 3.83. The van der Waals surface area contributed by atoms with Gasteiger partial charge in [0.2, 0.25) is 0 Å². The van der Waals surface area contributed by atoms with Crippen LogP contribution in [0.3, 0.4) is 0 Å². The summed E-state index contributed by atoms with van der Waals surface area (Å²) in [5, 5.41) is 11.5. The van der Waals surface area contributed by atoms with E-state index in [9.17, 15) is 14.0 Å². The van der Waals surface area contributed by atoms with Crippen molar-refractivity contribution in [2.24, 2.45) is 11.8 Å². The molecular formula is C23H26ClFN2O4. The highest BCUT2D eigenvalue weighted by Gasteiger charge is 2.25. The van der Waals surface area contributed by atoms with Crippen LogP contribution in [-0.2, 0) is 9.53 Å². The lowest BCUT2D eigenvalue weighted by molar-refractivity contribution is -0.142. The number of benzene rings is 2. The Morgan fingerprint density at radius 1 is 1.06 bits per heavy atom. The Balaban J connectivity index is 1.59. The van der Waals surface area contributed by atoms with Gasteiger partial charge in [0.1, 0.15) is 6.61 Å². The van der Waals surface area contributed by atoms with E-state index < -0.39 is 17.8 Å². The monoisotopic (exact) mass is 448 g/mol. The van der Waals surface area contributed by atoms with E-state index >= 15 is 0 Å². The fourth-order valence-corrected chi connectivity index (χ4v) is 4.00. The highest BCUT2D eigenvalue weighted by atomic mass is 35.5. The molecule has 0 aromatic heterocycles. The van der Waals surface area contributed by atoms with Crippen molar-refractivity contribution in [3.8, 4) is 0 Å². The van der Waals surface area contributed by atoms with Gasteiger partial charge in [-0.05, 0) is 61.8 Å². The van der Waals surface area contributed by atoms with Gasteiger partial charge in [0.15, 0.2) is 5.82 Å². The summed E-state index contributed by atoms with van der Waals surface area (Å²) in [7, 11) is 0. The van der Waals surface area contributed by atoms with Crippen LogP contribution in [0.1, 0.15) is 25.7 Å². The summed E-state index contributed by atoms with van der Waals surface area (Å²) in [6.07, 6.45) is 3.67. The highest BCUT2D eigenvalue weighted by molar-refractivity contribution is 6.31. The van der Waals surface area contributed by atoms with Gasteiger partial charge in [0, 0.05) is 6.54 Å². The molecule has 1 saturated carbocycles. The van der Waals surface area contributed by atoms with Crippen molar-refractivity contribution in [1.29, 1.82) is 0 Å². The van der Waals surface area contributed by atoms with E-state index in [0.717, 1.165) is 25.7 Å². The molecule has 1 fully saturated rings. The number of halogens is 2. The Morgan fingerprint density at radius 2 is 1.74 bits per heavy atom. The van der Waals surface area contributed by atoms with Gasteiger partial charge in [0.25, 0.3) is 0 Å². The minimum absolute atomic E-state index is 0.0466.